The zero-order valence-electron chi connectivity index (χ0n) is 11.1. The largest absolute Gasteiger partial charge is 0.370 e. The van der Waals surface area contributed by atoms with Crippen LogP contribution in [0.3, 0.4) is 0 Å². The Kier molecular flexibility index (Phi) is 5.92. The lowest BCUT2D eigenvalue weighted by atomic mass is 10.1. The molecule has 0 aromatic carbocycles. The summed E-state index contributed by atoms with van der Waals surface area (Å²) in [5.41, 5.74) is 0.464. The van der Waals surface area contributed by atoms with Gasteiger partial charge in [0.1, 0.15) is 5.82 Å². The highest BCUT2D eigenvalue weighted by Crippen LogP contribution is 2.17. The van der Waals surface area contributed by atoms with Crippen LogP contribution in [0, 0.1) is 5.92 Å². The van der Waals surface area contributed by atoms with Crippen LogP contribution in [-0.2, 0) is 0 Å². The number of anilines is 1. The molecular weight excluding hydrogens is 250 g/mol. The van der Waals surface area contributed by atoms with E-state index >= 15 is 0 Å². The molecule has 0 spiro atoms. The minimum Gasteiger partial charge on any atom is -0.370 e. The van der Waals surface area contributed by atoms with E-state index in [4.69, 9.17) is 11.6 Å². The Bertz CT molecular complexity index is 407. The van der Waals surface area contributed by atoms with Gasteiger partial charge in [-0.2, -0.15) is 0 Å². The fraction of sp³-hybridized carbons (Fsp3) is 0.538. The van der Waals surface area contributed by atoms with E-state index in [0.717, 1.165) is 13.0 Å². The Hall–Kier alpha value is -1.29. The molecule has 1 aromatic heterocycles. The van der Waals surface area contributed by atoms with Crippen molar-refractivity contribution in [1.82, 2.24) is 10.3 Å². The van der Waals surface area contributed by atoms with Crippen LogP contribution < -0.4 is 10.6 Å². The Morgan fingerprint density at radius 3 is 2.83 bits per heavy atom. The Morgan fingerprint density at radius 1 is 1.50 bits per heavy atom. The van der Waals surface area contributed by atoms with Crippen molar-refractivity contribution >= 4 is 23.3 Å². The molecule has 0 atom stereocenters. The predicted molar refractivity (Wildman–Crippen MR) is 75.2 cm³/mol. The van der Waals surface area contributed by atoms with E-state index < -0.39 is 0 Å². The second-order valence-electron chi connectivity index (χ2n) is 4.52. The summed E-state index contributed by atoms with van der Waals surface area (Å²) >= 11 is 5.98. The maximum Gasteiger partial charge on any atom is 0.252 e. The molecule has 1 aromatic rings. The van der Waals surface area contributed by atoms with E-state index in [1.54, 1.807) is 6.07 Å². The van der Waals surface area contributed by atoms with Crippen molar-refractivity contribution in [3.05, 3.63) is 22.8 Å². The maximum atomic E-state index is 12.0. The van der Waals surface area contributed by atoms with Crippen LogP contribution in [0.2, 0.25) is 5.02 Å². The van der Waals surface area contributed by atoms with Gasteiger partial charge in [-0.1, -0.05) is 25.4 Å². The van der Waals surface area contributed by atoms with Gasteiger partial charge in [0.15, 0.2) is 0 Å². The number of carbonyl (C=O) groups excluding carboxylic acids is 1. The average molecular weight is 270 g/mol. The van der Waals surface area contributed by atoms with Crippen LogP contribution in [0.25, 0.3) is 0 Å². The lowest BCUT2D eigenvalue weighted by molar-refractivity contribution is 0.0952. The predicted octanol–water partition coefficient (Wildman–Crippen LogP) is 2.94. The molecule has 4 nitrogen and oxygen atoms in total. The molecule has 1 rings (SSSR count). The Balaban J connectivity index is 2.68. The van der Waals surface area contributed by atoms with Gasteiger partial charge in [0.25, 0.3) is 5.91 Å². The molecule has 0 aliphatic rings. The third-order valence-electron chi connectivity index (χ3n) is 2.47. The van der Waals surface area contributed by atoms with Crippen molar-refractivity contribution in [3.8, 4) is 0 Å². The lowest BCUT2D eigenvalue weighted by Gasteiger charge is -2.09. The fourth-order valence-electron chi connectivity index (χ4n) is 1.46. The van der Waals surface area contributed by atoms with Gasteiger partial charge >= 0.3 is 0 Å². The molecule has 5 heteroatoms. The number of amides is 1. The highest BCUT2D eigenvalue weighted by atomic mass is 35.5. The summed E-state index contributed by atoms with van der Waals surface area (Å²) in [6, 6.07) is 1.68. The number of pyridine rings is 1. The van der Waals surface area contributed by atoms with Crippen molar-refractivity contribution < 1.29 is 4.79 Å². The van der Waals surface area contributed by atoms with E-state index in [0.29, 0.717) is 28.9 Å². The first-order valence-corrected chi connectivity index (χ1v) is 6.60. The second-order valence-corrected chi connectivity index (χ2v) is 4.93. The van der Waals surface area contributed by atoms with Gasteiger partial charge in [-0.3, -0.25) is 4.79 Å². The molecule has 2 N–H and O–H groups in total. The zero-order valence-corrected chi connectivity index (χ0v) is 11.8. The molecule has 0 unspecified atom stereocenters. The van der Waals surface area contributed by atoms with Gasteiger partial charge in [0, 0.05) is 19.3 Å². The molecule has 100 valence electrons. The van der Waals surface area contributed by atoms with Crippen molar-refractivity contribution in [2.24, 2.45) is 5.92 Å². The smallest absolute Gasteiger partial charge is 0.252 e. The molecule has 0 aliphatic heterocycles. The van der Waals surface area contributed by atoms with E-state index in [1.807, 2.05) is 6.92 Å². The first-order chi connectivity index (χ1) is 8.54. The van der Waals surface area contributed by atoms with Crippen LogP contribution in [0.1, 0.15) is 37.6 Å². The summed E-state index contributed by atoms with van der Waals surface area (Å²) in [7, 11) is 0. The van der Waals surface area contributed by atoms with Gasteiger partial charge in [0.2, 0.25) is 0 Å². The molecule has 0 saturated heterocycles. The molecule has 0 aliphatic carbocycles. The van der Waals surface area contributed by atoms with E-state index in [9.17, 15) is 4.79 Å². The highest BCUT2D eigenvalue weighted by molar-refractivity contribution is 6.33. The van der Waals surface area contributed by atoms with Crippen molar-refractivity contribution in [2.45, 2.75) is 27.2 Å². The quantitative estimate of drug-likeness (QED) is 0.835. The molecule has 1 heterocycles. The summed E-state index contributed by atoms with van der Waals surface area (Å²) in [6.07, 6.45) is 2.45. The lowest BCUT2D eigenvalue weighted by Crippen LogP contribution is -2.25. The van der Waals surface area contributed by atoms with Crippen molar-refractivity contribution in [2.75, 3.05) is 18.4 Å². The van der Waals surface area contributed by atoms with Gasteiger partial charge < -0.3 is 10.6 Å². The molecule has 1 amide bonds. The summed E-state index contributed by atoms with van der Waals surface area (Å²) in [6.45, 7) is 7.62. The first kappa shape index (κ1) is 14.8. The summed E-state index contributed by atoms with van der Waals surface area (Å²) < 4.78 is 0. The molecule has 0 fully saturated rings. The van der Waals surface area contributed by atoms with E-state index in [1.165, 1.54) is 6.20 Å². The molecule has 0 bridgehead atoms. The first-order valence-electron chi connectivity index (χ1n) is 6.22. The molecule has 18 heavy (non-hydrogen) atoms. The van der Waals surface area contributed by atoms with Crippen molar-refractivity contribution in [1.29, 1.82) is 0 Å². The van der Waals surface area contributed by atoms with Crippen LogP contribution in [0.4, 0.5) is 5.82 Å². The van der Waals surface area contributed by atoms with Crippen LogP contribution in [-0.4, -0.2) is 24.0 Å². The number of halogens is 1. The highest BCUT2D eigenvalue weighted by Gasteiger charge is 2.11. The van der Waals surface area contributed by atoms with Gasteiger partial charge in [0.05, 0.1) is 10.6 Å². The Morgan fingerprint density at radius 2 is 2.22 bits per heavy atom. The number of aromatic nitrogens is 1. The SMILES string of the molecule is CCNc1cc(C(=O)NCCC(C)C)c(Cl)cn1. The average Bonchev–Trinajstić information content (AvgIpc) is 2.31. The van der Waals surface area contributed by atoms with Crippen LogP contribution >= 0.6 is 11.6 Å². The van der Waals surface area contributed by atoms with Crippen molar-refractivity contribution in [3.63, 3.8) is 0 Å². The second kappa shape index (κ2) is 7.21. The normalized spacial score (nSPS) is 10.5. The number of nitrogens with one attached hydrogen (secondary N) is 2. The number of rotatable bonds is 6. The standard InChI is InChI=1S/C13H20ClN3O/c1-4-15-12-7-10(11(14)8-17-12)13(18)16-6-5-9(2)3/h7-9H,4-6H2,1-3H3,(H,15,17)(H,16,18). The topological polar surface area (TPSA) is 54.0 Å². The van der Waals surface area contributed by atoms with E-state index in [2.05, 4.69) is 29.5 Å². The Labute approximate surface area is 113 Å². The van der Waals surface area contributed by atoms with E-state index in [-0.39, 0.29) is 5.91 Å². The number of hydrogen-bond acceptors (Lipinski definition) is 3. The number of nitrogens with zero attached hydrogens (tertiary/aromatic N) is 1. The third kappa shape index (κ3) is 4.53. The molecular formula is C13H20ClN3O. The molecule has 0 radical (unpaired) electrons. The minimum absolute atomic E-state index is 0.151. The van der Waals surface area contributed by atoms with Crippen LogP contribution in [0.5, 0.6) is 0 Å². The minimum atomic E-state index is -0.151. The van der Waals surface area contributed by atoms with Crippen LogP contribution in [0.15, 0.2) is 12.3 Å². The van der Waals surface area contributed by atoms with Gasteiger partial charge in [-0.15, -0.1) is 0 Å². The number of hydrogen-bond donors (Lipinski definition) is 2. The third-order valence-corrected chi connectivity index (χ3v) is 2.77. The summed E-state index contributed by atoms with van der Waals surface area (Å²) in [5, 5.41) is 6.29. The maximum absolute atomic E-state index is 12.0. The number of carbonyl (C=O) groups is 1. The molecule has 0 saturated carbocycles. The summed E-state index contributed by atoms with van der Waals surface area (Å²) in [4.78, 5) is 16.0. The van der Waals surface area contributed by atoms with Gasteiger partial charge in [-0.25, -0.2) is 4.98 Å². The fourth-order valence-corrected chi connectivity index (χ4v) is 1.65. The summed E-state index contributed by atoms with van der Waals surface area (Å²) in [5.74, 6) is 1.08. The monoisotopic (exact) mass is 269 g/mol. The zero-order chi connectivity index (χ0) is 13.5. The van der Waals surface area contributed by atoms with Gasteiger partial charge in [-0.05, 0) is 25.3 Å².